The molecular weight excluding hydrogens is 288 g/mol. The molecule has 0 saturated heterocycles. The molecule has 0 saturated carbocycles. The van der Waals surface area contributed by atoms with Crippen LogP contribution < -0.4 is 0 Å². The fraction of sp³-hybridized carbons (Fsp3) is 0. The van der Waals surface area contributed by atoms with Gasteiger partial charge in [0.05, 0.1) is 15.4 Å². The van der Waals surface area contributed by atoms with Gasteiger partial charge in [0, 0.05) is 16.6 Å². The van der Waals surface area contributed by atoms with Crippen molar-refractivity contribution in [1.82, 2.24) is 0 Å². The lowest BCUT2D eigenvalue weighted by Crippen LogP contribution is -2.03. The summed E-state index contributed by atoms with van der Waals surface area (Å²) in [5.41, 5.74) is -2.02. The van der Waals surface area contributed by atoms with Gasteiger partial charge in [-0.05, 0) is 15.9 Å². The summed E-state index contributed by atoms with van der Waals surface area (Å²) in [4.78, 5) is 29.7. The van der Waals surface area contributed by atoms with E-state index in [1.807, 2.05) is 0 Å². The van der Waals surface area contributed by atoms with Crippen LogP contribution in [0.15, 0.2) is 16.6 Å². The van der Waals surface area contributed by atoms with Gasteiger partial charge in [-0.25, -0.2) is 4.79 Å². The van der Waals surface area contributed by atoms with E-state index in [2.05, 4.69) is 15.9 Å². The second-order valence-electron chi connectivity index (χ2n) is 2.64. The number of nitrogens with zero attached hydrogens (tertiary/aromatic N) is 2. The Morgan fingerprint density at radius 2 is 1.62 bits per heavy atom. The van der Waals surface area contributed by atoms with Crippen molar-refractivity contribution in [3.05, 3.63) is 42.4 Å². The van der Waals surface area contributed by atoms with E-state index in [-0.39, 0.29) is 4.47 Å². The first kappa shape index (κ1) is 12.0. The molecular formula is C7H3BrN2O6. The minimum Gasteiger partial charge on any atom is -0.478 e. The van der Waals surface area contributed by atoms with Crippen LogP contribution in [0.2, 0.25) is 0 Å². The van der Waals surface area contributed by atoms with E-state index in [0.29, 0.717) is 6.07 Å². The maximum Gasteiger partial charge on any atom is 0.347 e. The van der Waals surface area contributed by atoms with E-state index in [1.54, 1.807) is 0 Å². The molecule has 0 bridgehead atoms. The van der Waals surface area contributed by atoms with Gasteiger partial charge in [-0.2, -0.15) is 0 Å². The molecule has 1 N–H and O–H groups in total. The number of rotatable bonds is 3. The van der Waals surface area contributed by atoms with Crippen molar-refractivity contribution >= 4 is 33.3 Å². The lowest BCUT2D eigenvalue weighted by Gasteiger charge is -1.99. The summed E-state index contributed by atoms with van der Waals surface area (Å²) < 4.78 is -0.0858. The molecule has 0 aromatic heterocycles. The Labute approximate surface area is 95.9 Å². The SMILES string of the molecule is O=C(O)c1cc([N+](=O)[O-])c([N+](=O)[O-])cc1Br. The molecule has 1 aromatic rings. The van der Waals surface area contributed by atoms with E-state index in [4.69, 9.17) is 5.11 Å². The molecule has 0 fully saturated rings. The predicted molar refractivity (Wildman–Crippen MR) is 54.4 cm³/mol. The van der Waals surface area contributed by atoms with Crippen molar-refractivity contribution in [3.63, 3.8) is 0 Å². The highest BCUT2D eigenvalue weighted by Crippen LogP contribution is 2.32. The van der Waals surface area contributed by atoms with Crippen molar-refractivity contribution in [2.45, 2.75) is 0 Å². The van der Waals surface area contributed by atoms with Gasteiger partial charge in [-0.3, -0.25) is 20.2 Å². The Kier molecular flexibility index (Phi) is 3.18. The highest BCUT2D eigenvalue weighted by atomic mass is 79.9. The third-order valence-electron chi connectivity index (χ3n) is 1.69. The second-order valence-corrected chi connectivity index (χ2v) is 3.49. The fourth-order valence-corrected chi connectivity index (χ4v) is 1.51. The number of carbonyl (C=O) groups is 1. The van der Waals surface area contributed by atoms with Crippen LogP contribution in [-0.4, -0.2) is 20.9 Å². The molecule has 1 aromatic carbocycles. The van der Waals surface area contributed by atoms with Crippen molar-refractivity contribution in [1.29, 1.82) is 0 Å². The van der Waals surface area contributed by atoms with Gasteiger partial charge in [0.1, 0.15) is 0 Å². The number of benzene rings is 1. The number of nitro groups is 2. The zero-order valence-electron chi connectivity index (χ0n) is 7.42. The highest BCUT2D eigenvalue weighted by molar-refractivity contribution is 9.10. The summed E-state index contributed by atoms with van der Waals surface area (Å²) in [5.74, 6) is -1.41. The average molecular weight is 291 g/mol. The maximum absolute atomic E-state index is 10.7. The molecule has 0 aliphatic rings. The normalized spacial score (nSPS) is 9.81. The third kappa shape index (κ3) is 2.14. The van der Waals surface area contributed by atoms with Crippen LogP contribution in [0.1, 0.15) is 10.4 Å². The smallest absolute Gasteiger partial charge is 0.347 e. The molecule has 84 valence electrons. The first-order valence-electron chi connectivity index (χ1n) is 3.70. The molecule has 1 rings (SSSR count). The average Bonchev–Trinajstić information content (AvgIpc) is 2.15. The summed E-state index contributed by atoms with van der Waals surface area (Å²) in [6.45, 7) is 0. The Balaban J connectivity index is 3.55. The van der Waals surface area contributed by atoms with Crippen LogP contribution >= 0.6 is 15.9 Å². The number of halogens is 1. The van der Waals surface area contributed by atoms with Crippen LogP contribution in [0, 0.1) is 20.2 Å². The van der Waals surface area contributed by atoms with Crippen LogP contribution in [0.25, 0.3) is 0 Å². The number of hydrogen-bond acceptors (Lipinski definition) is 5. The number of carboxylic acids is 1. The predicted octanol–water partition coefficient (Wildman–Crippen LogP) is 1.96. The Morgan fingerprint density at radius 1 is 1.19 bits per heavy atom. The lowest BCUT2D eigenvalue weighted by molar-refractivity contribution is -0.422. The quantitative estimate of drug-likeness (QED) is 0.670. The minimum atomic E-state index is -1.41. The summed E-state index contributed by atoms with van der Waals surface area (Å²) in [7, 11) is 0. The van der Waals surface area contributed by atoms with E-state index in [1.165, 1.54) is 0 Å². The monoisotopic (exact) mass is 290 g/mol. The maximum atomic E-state index is 10.7. The van der Waals surface area contributed by atoms with Crippen LogP contribution in [-0.2, 0) is 0 Å². The molecule has 0 heterocycles. The standard InChI is InChI=1S/C7H3BrN2O6/c8-4-2-6(10(15)16)5(9(13)14)1-3(4)7(11)12/h1-2H,(H,11,12). The molecule has 0 aliphatic heterocycles. The first-order chi connectivity index (χ1) is 7.34. The number of carboxylic acid groups (broad SMARTS) is 1. The highest BCUT2D eigenvalue weighted by Gasteiger charge is 2.28. The molecule has 0 atom stereocenters. The summed E-state index contributed by atoms with van der Waals surface area (Å²) in [5, 5.41) is 29.7. The zero-order chi connectivity index (χ0) is 12.5. The topological polar surface area (TPSA) is 124 Å². The molecule has 9 heteroatoms. The van der Waals surface area contributed by atoms with E-state index >= 15 is 0 Å². The van der Waals surface area contributed by atoms with Gasteiger partial charge in [0.2, 0.25) is 0 Å². The van der Waals surface area contributed by atoms with Gasteiger partial charge >= 0.3 is 17.3 Å². The zero-order valence-corrected chi connectivity index (χ0v) is 9.00. The fourth-order valence-electron chi connectivity index (χ4n) is 1.01. The molecule has 0 spiro atoms. The Morgan fingerprint density at radius 3 is 2.00 bits per heavy atom. The number of aromatic carboxylic acids is 1. The lowest BCUT2D eigenvalue weighted by atomic mass is 10.2. The summed E-state index contributed by atoms with van der Waals surface area (Å²) in [6, 6.07) is 1.44. The molecule has 0 amide bonds. The van der Waals surface area contributed by atoms with Crippen LogP contribution in [0.3, 0.4) is 0 Å². The van der Waals surface area contributed by atoms with E-state index < -0.39 is 32.8 Å². The third-order valence-corrected chi connectivity index (χ3v) is 2.34. The minimum absolute atomic E-state index is 0.0858. The molecule has 0 radical (unpaired) electrons. The Hall–Kier alpha value is -2.03. The summed E-state index contributed by atoms with van der Waals surface area (Å²) >= 11 is 2.79. The van der Waals surface area contributed by atoms with Gasteiger partial charge in [-0.1, -0.05) is 0 Å². The van der Waals surface area contributed by atoms with Crippen LogP contribution in [0.4, 0.5) is 11.4 Å². The van der Waals surface area contributed by atoms with E-state index in [0.717, 1.165) is 6.07 Å². The second kappa shape index (κ2) is 4.23. The van der Waals surface area contributed by atoms with Crippen LogP contribution in [0.5, 0.6) is 0 Å². The molecule has 0 unspecified atom stereocenters. The van der Waals surface area contributed by atoms with Gasteiger partial charge in [0.25, 0.3) is 0 Å². The molecule has 0 aliphatic carbocycles. The van der Waals surface area contributed by atoms with Gasteiger partial charge in [0.15, 0.2) is 0 Å². The van der Waals surface area contributed by atoms with Crippen molar-refractivity contribution in [3.8, 4) is 0 Å². The largest absolute Gasteiger partial charge is 0.478 e. The van der Waals surface area contributed by atoms with Gasteiger partial charge < -0.3 is 5.11 Å². The summed E-state index contributed by atoms with van der Waals surface area (Å²) in [6.07, 6.45) is 0. The number of nitro benzene ring substituents is 2. The van der Waals surface area contributed by atoms with Gasteiger partial charge in [-0.15, -0.1) is 0 Å². The number of hydrogen-bond donors (Lipinski definition) is 1. The van der Waals surface area contributed by atoms with Crippen molar-refractivity contribution < 1.29 is 19.7 Å². The first-order valence-corrected chi connectivity index (χ1v) is 4.49. The van der Waals surface area contributed by atoms with E-state index in [9.17, 15) is 25.0 Å². The van der Waals surface area contributed by atoms with Crippen molar-refractivity contribution in [2.24, 2.45) is 0 Å². The van der Waals surface area contributed by atoms with Crippen molar-refractivity contribution in [2.75, 3.05) is 0 Å². The molecule has 8 nitrogen and oxygen atoms in total. The Bertz CT molecular complexity index is 500. The molecule has 16 heavy (non-hydrogen) atoms.